The first-order chi connectivity index (χ1) is 6.84. The highest BCUT2D eigenvalue weighted by Crippen LogP contribution is 2.20. The predicted octanol–water partition coefficient (Wildman–Crippen LogP) is 2.63. The van der Waals surface area contributed by atoms with Crippen LogP contribution in [0.5, 0.6) is 0 Å². The molecule has 3 aromatic rings. The maximum atomic E-state index is 12.9. The number of nitrogens with zero attached hydrogens (tertiary/aromatic N) is 2. The molecule has 0 amide bonds. The Kier molecular flexibility index (Phi) is 1.36. The van der Waals surface area contributed by atoms with Crippen LogP contribution in [-0.4, -0.2) is 9.61 Å². The van der Waals surface area contributed by atoms with E-state index in [1.54, 1.807) is 16.8 Å². The molecule has 0 spiro atoms. The quantitative estimate of drug-likeness (QED) is 0.527. The van der Waals surface area contributed by atoms with E-state index in [0.29, 0.717) is 0 Å². The molecule has 0 saturated heterocycles. The van der Waals surface area contributed by atoms with Crippen LogP contribution in [-0.2, 0) is 0 Å². The SMILES string of the molecule is Fc1ccc2c(ccn3nccc23)c1. The monoisotopic (exact) mass is 186 g/mol. The van der Waals surface area contributed by atoms with Crippen molar-refractivity contribution in [3.8, 4) is 0 Å². The van der Waals surface area contributed by atoms with Crippen LogP contribution < -0.4 is 0 Å². The molecule has 0 N–H and O–H groups in total. The zero-order valence-electron chi connectivity index (χ0n) is 7.31. The number of hydrogen-bond donors (Lipinski definition) is 0. The second-order valence-electron chi connectivity index (χ2n) is 3.21. The van der Waals surface area contributed by atoms with Crippen molar-refractivity contribution < 1.29 is 4.39 Å². The lowest BCUT2D eigenvalue weighted by atomic mass is 10.1. The van der Waals surface area contributed by atoms with Crippen molar-refractivity contribution in [3.05, 3.63) is 48.5 Å². The smallest absolute Gasteiger partial charge is 0.123 e. The summed E-state index contributed by atoms with van der Waals surface area (Å²) in [7, 11) is 0. The summed E-state index contributed by atoms with van der Waals surface area (Å²) >= 11 is 0. The van der Waals surface area contributed by atoms with E-state index in [2.05, 4.69) is 5.10 Å². The van der Waals surface area contributed by atoms with E-state index in [1.165, 1.54) is 12.1 Å². The Labute approximate surface area is 79.6 Å². The number of pyridine rings is 1. The standard InChI is InChI=1S/C11H7FN2/c12-9-1-2-10-8(7-9)4-6-14-11(10)3-5-13-14/h1-7H. The molecule has 0 saturated carbocycles. The molecule has 0 aliphatic carbocycles. The molecule has 68 valence electrons. The fraction of sp³-hybridized carbons (Fsp3) is 0. The number of rotatable bonds is 0. The van der Waals surface area contributed by atoms with E-state index in [9.17, 15) is 4.39 Å². The molecule has 0 bridgehead atoms. The van der Waals surface area contributed by atoms with Crippen molar-refractivity contribution in [3.63, 3.8) is 0 Å². The van der Waals surface area contributed by atoms with Gasteiger partial charge in [0.25, 0.3) is 0 Å². The molecule has 0 aliphatic heterocycles. The van der Waals surface area contributed by atoms with Gasteiger partial charge in [-0.1, -0.05) is 0 Å². The summed E-state index contributed by atoms with van der Waals surface area (Å²) in [6.07, 6.45) is 3.56. The number of benzene rings is 1. The van der Waals surface area contributed by atoms with Crippen LogP contribution in [0, 0.1) is 5.82 Å². The largest absolute Gasteiger partial charge is 0.240 e. The van der Waals surface area contributed by atoms with Gasteiger partial charge in [-0.25, -0.2) is 8.91 Å². The summed E-state index contributed by atoms with van der Waals surface area (Å²) in [5, 5.41) is 6.03. The first-order valence-corrected chi connectivity index (χ1v) is 4.36. The third-order valence-electron chi connectivity index (χ3n) is 2.36. The van der Waals surface area contributed by atoms with Crippen molar-refractivity contribution in [1.82, 2.24) is 9.61 Å². The van der Waals surface area contributed by atoms with Crippen LogP contribution in [0.4, 0.5) is 4.39 Å². The Bertz CT molecular complexity index is 613. The Morgan fingerprint density at radius 1 is 1.14 bits per heavy atom. The van der Waals surface area contributed by atoms with E-state index in [0.717, 1.165) is 16.3 Å². The number of hydrogen-bond acceptors (Lipinski definition) is 1. The van der Waals surface area contributed by atoms with Gasteiger partial charge in [-0.2, -0.15) is 5.10 Å². The second-order valence-corrected chi connectivity index (χ2v) is 3.21. The molecule has 2 nitrogen and oxygen atoms in total. The number of fused-ring (bicyclic) bond motifs is 3. The van der Waals surface area contributed by atoms with Gasteiger partial charge in [0, 0.05) is 17.8 Å². The molecule has 0 unspecified atom stereocenters. The molecule has 0 atom stereocenters. The minimum absolute atomic E-state index is 0.207. The van der Waals surface area contributed by atoms with Gasteiger partial charge in [0.2, 0.25) is 0 Å². The van der Waals surface area contributed by atoms with Gasteiger partial charge in [0.15, 0.2) is 0 Å². The lowest BCUT2D eigenvalue weighted by Crippen LogP contribution is -1.86. The van der Waals surface area contributed by atoms with Crippen molar-refractivity contribution >= 4 is 16.3 Å². The Hall–Kier alpha value is -1.90. The van der Waals surface area contributed by atoms with Gasteiger partial charge < -0.3 is 0 Å². The van der Waals surface area contributed by atoms with Gasteiger partial charge >= 0.3 is 0 Å². The van der Waals surface area contributed by atoms with Gasteiger partial charge in [-0.3, -0.25) is 0 Å². The zero-order chi connectivity index (χ0) is 9.54. The molecule has 2 aromatic heterocycles. The van der Waals surface area contributed by atoms with Crippen molar-refractivity contribution in [2.45, 2.75) is 0 Å². The summed E-state index contributed by atoms with van der Waals surface area (Å²) in [5.41, 5.74) is 1.00. The van der Waals surface area contributed by atoms with Gasteiger partial charge in [0.1, 0.15) is 5.82 Å². The van der Waals surface area contributed by atoms with E-state index in [-0.39, 0.29) is 5.82 Å². The Morgan fingerprint density at radius 2 is 2.07 bits per heavy atom. The van der Waals surface area contributed by atoms with Gasteiger partial charge in [0.05, 0.1) is 5.52 Å². The minimum Gasteiger partial charge on any atom is -0.240 e. The Balaban J connectivity index is 2.57. The Morgan fingerprint density at radius 3 is 3.00 bits per heavy atom. The van der Waals surface area contributed by atoms with E-state index in [1.807, 2.05) is 18.3 Å². The van der Waals surface area contributed by atoms with Crippen molar-refractivity contribution in [2.75, 3.05) is 0 Å². The molecule has 2 heterocycles. The molecule has 1 aromatic carbocycles. The third-order valence-corrected chi connectivity index (χ3v) is 2.36. The lowest BCUT2D eigenvalue weighted by molar-refractivity contribution is 0.630. The van der Waals surface area contributed by atoms with Gasteiger partial charge in [-0.05, 0) is 35.7 Å². The summed E-state index contributed by atoms with van der Waals surface area (Å²) in [5.74, 6) is -0.207. The highest BCUT2D eigenvalue weighted by molar-refractivity contribution is 5.95. The van der Waals surface area contributed by atoms with Crippen LogP contribution in [0.2, 0.25) is 0 Å². The van der Waals surface area contributed by atoms with E-state index >= 15 is 0 Å². The molecular weight excluding hydrogens is 179 g/mol. The summed E-state index contributed by atoms with van der Waals surface area (Å²) in [4.78, 5) is 0. The third kappa shape index (κ3) is 0.923. The maximum Gasteiger partial charge on any atom is 0.123 e. The molecule has 0 fully saturated rings. The fourth-order valence-electron chi connectivity index (χ4n) is 1.70. The summed E-state index contributed by atoms with van der Waals surface area (Å²) in [6.45, 7) is 0. The van der Waals surface area contributed by atoms with Gasteiger partial charge in [-0.15, -0.1) is 0 Å². The average Bonchev–Trinajstić information content (AvgIpc) is 2.65. The lowest BCUT2D eigenvalue weighted by Gasteiger charge is -2.00. The average molecular weight is 186 g/mol. The highest BCUT2D eigenvalue weighted by Gasteiger charge is 2.01. The second kappa shape index (κ2) is 2.54. The molecule has 0 aliphatic rings. The molecule has 3 rings (SSSR count). The van der Waals surface area contributed by atoms with E-state index < -0.39 is 0 Å². The van der Waals surface area contributed by atoms with Crippen LogP contribution in [0.3, 0.4) is 0 Å². The predicted molar refractivity (Wildman–Crippen MR) is 52.7 cm³/mol. The van der Waals surface area contributed by atoms with Crippen LogP contribution >= 0.6 is 0 Å². The maximum absolute atomic E-state index is 12.9. The van der Waals surface area contributed by atoms with Crippen molar-refractivity contribution in [2.24, 2.45) is 0 Å². The normalized spacial score (nSPS) is 11.2. The van der Waals surface area contributed by atoms with Crippen LogP contribution in [0.1, 0.15) is 0 Å². The molecule has 3 heteroatoms. The summed E-state index contributed by atoms with van der Waals surface area (Å²) in [6, 6.07) is 8.55. The summed E-state index contributed by atoms with van der Waals surface area (Å²) < 4.78 is 14.7. The first-order valence-electron chi connectivity index (χ1n) is 4.36. The topological polar surface area (TPSA) is 17.3 Å². The molecular formula is C11H7FN2. The number of halogens is 1. The minimum atomic E-state index is -0.207. The van der Waals surface area contributed by atoms with E-state index in [4.69, 9.17) is 0 Å². The molecule has 0 radical (unpaired) electrons. The first kappa shape index (κ1) is 7.50. The highest BCUT2D eigenvalue weighted by atomic mass is 19.1. The fourth-order valence-corrected chi connectivity index (χ4v) is 1.70. The van der Waals surface area contributed by atoms with Crippen LogP contribution in [0.25, 0.3) is 16.3 Å². The van der Waals surface area contributed by atoms with Crippen LogP contribution in [0.15, 0.2) is 42.7 Å². The van der Waals surface area contributed by atoms with Crippen molar-refractivity contribution in [1.29, 1.82) is 0 Å². The zero-order valence-corrected chi connectivity index (χ0v) is 7.31. The number of aromatic nitrogens is 2. The molecule has 14 heavy (non-hydrogen) atoms.